The van der Waals surface area contributed by atoms with Gasteiger partial charge in [-0.15, -0.1) is 0 Å². The smallest absolute Gasteiger partial charge is 0.426 e. The van der Waals surface area contributed by atoms with E-state index in [4.69, 9.17) is 10.4 Å². The van der Waals surface area contributed by atoms with Gasteiger partial charge in [0.05, 0.1) is 0 Å². The minimum atomic E-state index is -0.831. The molecule has 0 unspecified atom stereocenters. The van der Waals surface area contributed by atoms with Crippen molar-refractivity contribution in [2.24, 2.45) is 34.3 Å². The van der Waals surface area contributed by atoms with E-state index in [0.717, 1.165) is 18.8 Å². The summed E-state index contributed by atoms with van der Waals surface area (Å²) in [5.41, 5.74) is 6.59. The van der Waals surface area contributed by atoms with Gasteiger partial charge >= 0.3 is 7.12 Å². The van der Waals surface area contributed by atoms with E-state index in [2.05, 4.69) is 41.5 Å². The summed E-state index contributed by atoms with van der Waals surface area (Å²) in [5.74, 6) is 1.62. The summed E-state index contributed by atoms with van der Waals surface area (Å²) in [5, 5.41) is 10.2. The first-order chi connectivity index (χ1) is 9.06. The number of hydrogen-bond acceptors (Lipinski definition) is 3. The van der Waals surface area contributed by atoms with E-state index in [0.29, 0.717) is 17.3 Å². The number of hydrogen-bond donors (Lipinski definition) is 2. The number of fused-ring (bicyclic) bond motifs is 2. The van der Waals surface area contributed by atoms with Gasteiger partial charge < -0.3 is 15.4 Å². The monoisotopic (exact) mass is 281 g/mol. The van der Waals surface area contributed by atoms with Crippen LogP contribution < -0.4 is 5.73 Å². The largest absolute Gasteiger partial charge is 0.472 e. The molecule has 4 heteroatoms. The van der Waals surface area contributed by atoms with E-state index in [1.807, 2.05) is 0 Å². The maximum atomic E-state index is 10.2. The molecule has 0 saturated heterocycles. The van der Waals surface area contributed by atoms with Gasteiger partial charge in [-0.25, -0.2) is 0 Å². The van der Waals surface area contributed by atoms with Crippen LogP contribution in [0, 0.1) is 28.6 Å². The number of rotatable bonds is 5. The van der Waals surface area contributed by atoms with Crippen LogP contribution in [0.15, 0.2) is 0 Å². The molecule has 0 amide bonds. The molecule has 3 fully saturated rings. The van der Waals surface area contributed by atoms with E-state index >= 15 is 0 Å². The van der Waals surface area contributed by atoms with Gasteiger partial charge in [-0.2, -0.15) is 0 Å². The Morgan fingerprint density at radius 1 is 1.20 bits per heavy atom. The molecule has 0 heterocycles. The van der Waals surface area contributed by atoms with Gasteiger partial charge in [0.25, 0.3) is 0 Å². The highest BCUT2D eigenvalue weighted by Crippen LogP contribution is 2.66. The normalized spacial score (nSPS) is 35.5. The lowest BCUT2D eigenvalue weighted by atomic mass is 9.40. The fourth-order valence-electron chi connectivity index (χ4n) is 4.63. The van der Waals surface area contributed by atoms with Gasteiger partial charge in [-0.05, 0) is 47.8 Å². The second kappa shape index (κ2) is 5.29. The van der Waals surface area contributed by atoms with Crippen molar-refractivity contribution in [3.63, 3.8) is 0 Å². The zero-order valence-electron chi connectivity index (χ0n) is 14.0. The molecule has 3 N–H and O–H groups in total. The van der Waals surface area contributed by atoms with E-state index in [1.165, 1.54) is 6.42 Å². The van der Waals surface area contributed by atoms with Gasteiger partial charge in [-0.3, -0.25) is 0 Å². The Labute approximate surface area is 124 Å². The summed E-state index contributed by atoms with van der Waals surface area (Å²) in [6.45, 7) is 13.6. The Bertz CT molecular complexity index is 356. The van der Waals surface area contributed by atoms with Crippen LogP contribution in [-0.2, 0) is 4.65 Å². The van der Waals surface area contributed by atoms with Crippen molar-refractivity contribution < 1.29 is 9.68 Å². The van der Waals surface area contributed by atoms with Crippen LogP contribution >= 0.6 is 0 Å². The predicted molar refractivity (Wildman–Crippen MR) is 84.1 cm³/mol. The summed E-state index contributed by atoms with van der Waals surface area (Å²) in [6, 6.07) is 0. The lowest BCUT2D eigenvalue weighted by molar-refractivity contribution is -0.196. The first-order valence-electron chi connectivity index (χ1n) is 8.16. The second-order valence-corrected chi connectivity index (χ2v) is 8.67. The van der Waals surface area contributed by atoms with Gasteiger partial charge in [0.1, 0.15) is 0 Å². The number of nitrogens with two attached hydrogens (primary N) is 1. The van der Waals surface area contributed by atoms with Gasteiger partial charge in [0.2, 0.25) is 0 Å². The van der Waals surface area contributed by atoms with E-state index in [9.17, 15) is 5.02 Å². The molecule has 2 bridgehead atoms. The lowest BCUT2D eigenvalue weighted by Gasteiger charge is -2.66. The van der Waals surface area contributed by atoms with Gasteiger partial charge in [0.15, 0.2) is 0 Å². The molecule has 0 aromatic heterocycles. The third-order valence-corrected chi connectivity index (χ3v) is 6.11. The summed E-state index contributed by atoms with van der Waals surface area (Å²) in [7, 11) is -0.831. The molecule has 20 heavy (non-hydrogen) atoms. The highest BCUT2D eigenvalue weighted by atomic mass is 16.5. The minimum absolute atomic E-state index is 0.122. The minimum Gasteiger partial charge on any atom is -0.426 e. The van der Waals surface area contributed by atoms with Crippen LogP contribution in [0.4, 0.5) is 0 Å². The summed E-state index contributed by atoms with van der Waals surface area (Å²) < 4.78 is 5.99. The summed E-state index contributed by atoms with van der Waals surface area (Å²) >= 11 is 0. The molecule has 3 aliphatic carbocycles. The van der Waals surface area contributed by atoms with Crippen LogP contribution in [0.25, 0.3) is 0 Å². The summed E-state index contributed by atoms with van der Waals surface area (Å²) in [6.07, 6.45) is 3.30. The van der Waals surface area contributed by atoms with Crippen LogP contribution in [-0.4, -0.2) is 24.2 Å². The van der Waals surface area contributed by atoms with Crippen molar-refractivity contribution in [1.29, 1.82) is 0 Å². The third kappa shape index (κ3) is 2.67. The van der Waals surface area contributed by atoms with Gasteiger partial charge in [0, 0.05) is 12.0 Å². The zero-order valence-corrected chi connectivity index (χ0v) is 14.0. The first-order valence-corrected chi connectivity index (χ1v) is 8.16. The maximum Gasteiger partial charge on any atom is 0.472 e. The van der Waals surface area contributed by atoms with Crippen molar-refractivity contribution in [1.82, 2.24) is 0 Å². The van der Waals surface area contributed by atoms with Crippen molar-refractivity contribution >= 4 is 7.12 Å². The Balaban J connectivity index is 1.97. The molecule has 3 saturated carbocycles. The van der Waals surface area contributed by atoms with Crippen LogP contribution in [0.3, 0.4) is 0 Å². The molecule has 0 radical (unpaired) electrons. The molecule has 0 aromatic carbocycles. The molecule has 3 nitrogen and oxygen atoms in total. The van der Waals surface area contributed by atoms with Gasteiger partial charge in [-0.1, -0.05) is 41.5 Å². The van der Waals surface area contributed by atoms with E-state index in [-0.39, 0.29) is 17.5 Å². The standard InChI is InChI=1S/C16H32BNO2/c1-10(2)7-14(18)17(19)20-13-9-11-8-12(15(11,3)4)16(13,5)6/h10-14,19H,7-9,18H2,1-6H3/t11-,12-,13+,14-/m0/s1. The molecular formula is C16H32BNO2. The zero-order chi connectivity index (χ0) is 15.3. The fourth-order valence-corrected chi connectivity index (χ4v) is 4.63. The van der Waals surface area contributed by atoms with E-state index < -0.39 is 7.12 Å². The predicted octanol–water partition coefficient (Wildman–Crippen LogP) is 2.86. The Morgan fingerprint density at radius 3 is 2.25 bits per heavy atom. The maximum absolute atomic E-state index is 10.2. The SMILES string of the molecule is CC(C)C[C@H](N)B(O)O[C@@H]1C[C@@H]2C[C@@H](C2(C)C)C1(C)C. The molecular weight excluding hydrogens is 249 g/mol. The van der Waals surface area contributed by atoms with E-state index in [1.54, 1.807) is 0 Å². The molecule has 0 aliphatic heterocycles. The highest BCUT2D eigenvalue weighted by Gasteiger charge is 2.61. The van der Waals surface area contributed by atoms with Crippen molar-refractivity contribution in [2.45, 2.75) is 72.9 Å². The Morgan fingerprint density at radius 2 is 1.80 bits per heavy atom. The average molecular weight is 281 g/mol. The fraction of sp³-hybridized carbons (Fsp3) is 1.00. The molecule has 4 atom stereocenters. The Hall–Kier alpha value is -0.0551. The first kappa shape index (κ1) is 16.3. The molecule has 3 rings (SSSR count). The Kier molecular flexibility index (Phi) is 4.32. The molecule has 0 aromatic rings. The molecule has 116 valence electrons. The van der Waals surface area contributed by atoms with Crippen molar-refractivity contribution in [2.75, 3.05) is 0 Å². The average Bonchev–Trinajstić information content (AvgIpc) is 2.29. The highest BCUT2D eigenvalue weighted by molar-refractivity contribution is 6.44. The molecule has 3 aliphatic rings. The molecule has 0 spiro atoms. The van der Waals surface area contributed by atoms with Crippen LogP contribution in [0.5, 0.6) is 0 Å². The van der Waals surface area contributed by atoms with Crippen molar-refractivity contribution in [3.8, 4) is 0 Å². The van der Waals surface area contributed by atoms with Crippen LogP contribution in [0.2, 0.25) is 0 Å². The summed E-state index contributed by atoms with van der Waals surface area (Å²) in [4.78, 5) is 0. The quantitative estimate of drug-likeness (QED) is 0.762. The topological polar surface area (TPSA) is 55.5 Å². The lowest BCUT2D eigenvalue weighted by Crippen LogP contribution is -2.63. The second-order valence-electron chi connectivity index (χ2n) is 8.67. The third-order valence-electron chi connectivity index (χ3n) is 6.11. The van der Waals surface area contributed by atoms with Crippen molar-refractivity contribution in [3.05, 3.63) is 0 Å². The van der Waals surface area contributed by atoms with Crippen LogP contribution in [0.1, 0.15) is 60.8 Å².